The van der Waals surface area contributed by atoms with Gasteiger partial charge in [-0.3, -0.25) is 4.79 Å². The van der Waals surface area contributed by atoms with Crippen molar-refractivity contribution in [2.45, 2.75) is 26.4 Å². The van der Waals surface area contributed by atoms with E-state index in [1.807, 2.05) is 69.4 Å². The third-order valence-electron chi connectivity index (χ3n) is 3.89. The molecule has 0 unspecified atom stereocenters. The highest BCUT2D eigenvalue weighted by Gasteiger charge is 2.18. The molecule has 0 spiro atoms. The van der Waals surface area contributed by atoms with Gasteiger partial charge < -0.3 is 14.6 Å². The highest BCUT2D eigenvalue weighted by atomic mass is 16.3. The van der Waals surface area contributed by atoms with E-state index in [0.29, 0.717) is 12.4 Å². The summed E-state index contributed by atoms with van der Waals surface area (Å²) in [4.78, 5) is 18.6. The van der Waals surface area contributed by atoms with Gasteiger partial charge in [0.2, 0.25) is 5.91 Å². The number of likely N-dealkylation sites (N-methyl/N-ethyl adjacent to an activating group) is 1. The molecular weight excluding hydrogens is 302 g/mol. The Hall–Kier alpha value is -2.82. The number of anilines is 1. The monoisotopic (exact) mass is 323 g/mol. The van der Waals surface area contributed by atoms with Gasteiger partial charge in [0.15, 0.2) is 11.5 Å². The normalized spacial score (nSPS) is 12.1. The summed E-state index contributed by atoms with van der Waals surface area (Å²) < 4.78 is 5.47. The Bertz CT molecular complexity index is 842. The second-order valence-corrected chi connectivity index (χ2v) is 5.96. The average Bonchev–Trinajstić information content (AvgIpc) is 2.94. The number of hydrogen-bond donors (Lipinski definition) is 1. The largest absolute Gasteiger partial charge is 0.441 e. The number of aryl methyl sites for hydroxylation is 1. The molecule has 0 saturated carbocycles. The van der Waals surface area contributed by atoms with Crippen molar-refractivity contribution in [3.63, 3.8) is 0 Å². The third kappa shape index (κ3) is 3.56. The second-order valence-electron chi connectivity index (χ2n) is 5.96. The summed E-state index contributed by atoms with van der Waals surface area (Å²) in [5, 5.41) is 3.24. The van der Waals surface area contributed by atoms with Crippen LogP contribution in [0.5, 0.6) is 0 Å². The van der Waals surface area contributed by atoms with E-state index in [1.54, 1.807) is 4.90 Å². The van der Waals surface area contributed by atoms with E-state index in [9.17, 15) is 4.79 Å². The van der Waals surface area contributed by atoms with Gasteiger partial charge in [-0.25, -0.2) is 4.98 Å². The average molecular weight is 323 g/mol. The van der Waals surface area contributed by atoms with E-state index in [1.165, 1.54) is 0 Å². The van der Waals surface area contributed by atoms with Gasteiger partial charge in [-0.05, 0) is 30.7 Å². The number of nitrogens with one attached hydrogen (secondary N) is 1. The van der Waals surface area contributed by atoms with Crippen LogP contribution >= 0.6 is 0 Å². The van der Waals surface area contributed by atoms with Gasteiger partial charge in [-0.2, -0.15) is 0 Å². The molecule has 1 amide bonds. The maximum absolute atomic E-state index is 12.5. The Labute approximate surface area is 141 Å². The molecule has 5 nitrogen and oxygen atoms in total. The van der Waals surface area contributed by atoms with Gasteiger partial charge in [-0.1, -0.05) is 30.3 Å². The molecule has 0 aliphatic carbocycles. The zero-order valence-corrected chi connectivity index (χ0v) is 14.1. The number of fused-ring (bicyclic) bond motifs is 1. The molecule has 1 heterocycles. The van der Waals surface area contributed by atoms with Gasteiger partial charge >= 0.3 is 0 Å². The van der Waals surface area contributed by atoms with Crippen molar-refractivity contribution >= 4 is 22.7 Å². The first-order valence-electron chi connectivity index (χ1n) is 7.95. The number of nitrogens with zero attached hydrogens (tertiary/aromatic N) is 2. The molecule has 2 aromatic carbocycles. The number of amides is 1. The summed E-state index contributed by atoms with van der Waals surface area (Å²) in [5.74, 6) is 0.671. The van der Waals surface area contributed by atoms with Crippen molar-refractivity contribution in [1.82, 2.24) is 9.88 Å². The standard InChI is InChI=1S/C19H21N3O2/c1-13(19(23)22(3)12-15-7-5-4-6-8-15)20-16-9-10-18-17(11-16)21-14(2)24-18/h4-11,13,20H,12H2,1-3H3/t13-/m1/s1. The molecule has 124 valence electrons. The number of oxazole rings is 1. The van der Waals surface area contributed by atoms with E-state index < -0.39 is 0 Å². The van der Waals surface area contributed by atoms with Crippen LogP contribution in [0.1, 0.15) is 18.4 Å². The van der Waals surface area contributed by atoms with E-state index >= 15 is 0 Å². The van der Waals surface area contributed by atoms with Gasteiger partial charge in [0.05, 0.1) is 0 Å². The molecule has 1 atom stereocenters. The van der Waals surface area contributed by atoms with Crippen LogP contribution in [0.15, 0.2) is 52.9 Å². The second kappa shape index (κ2) is 6.74. The lowest BCUT2D eigenvalue weighted by Crippen LogP contribution is -2.38. The minimum Gasteiger partial charge on any atom is -0.441 e. The Morgan fingerprint density at radius 3 is 2.75 bits per heavy atom. The van der Waals surface area contributed by atoms with Gasteiger partial charge in [0.25, 0.3) is 0 Å². The van der Waals surface area contributed by atoms with E-state index in [2.05, 4.69) is 10.3 Å². The summed E-state index contributed by atoms with van der Waals surface area (Å²) in [6, 6.07) is 15.3. The third-order valence-corrected chi connectivity index (χ3v) is 3.89. The SMILES string of the molecule is Cc1nc2cc(N[C@H](C)C(=O)N(C)Cc3ccccc3)ccc2o1. The molecule has 0 fully saturated rings. The summed E-state index contributed by atoms with van der Waals surface area (Å²) in [6.45, 7) is 4.27. The number of rotatable bonds is 5. The first-order chi connectivity index (χ1) is 11.5. The molecule has 0 bridgehead atoms. The Kier molecular flexibility index (Phi) is 4.51. The minimum absolute atomic E-state index is 0.0373. The van der Waals surface area contributed by atoms with Crippen LogP contribution in [-0.2, 0) is 11.3 Å². The van der Waals surface area contributed by atoms with Gasteiger partial charge in [0, 0.05) is 26.2 Å². The highest BCUT2D eigenvalue weighted by molar-refractivity contribution is 5.85. The lowest BCUT2D eigenvalue weighted by molar-refractivity contribution is -0.130. The van der Waals surface area contributed by atoms with Crippen molar-refractivity contribution in [2.24, 2.45) is 0 Å². The van der Waals surface area contributed by atoms with Crippen LogP contribution in [0, 0.1) is 6.92 Å². The summed E-state index contributed by atoms with van der Waals surface area (Å²) in [5.41, 5.74) is 3.50. The van der Waals surface area contributed by atoms with Crippen LogP contribution in [0.3, 0.4) is 0 Å². The molecule has 0 saturated heterocycles. The quantitative estimate of drug-likeness (QED) is 0.779. The predicted octanol–water partition coefficient (Wildman–Crippen LogP) is 3.60. The summed E-state index contributed by atoms with van der Waals surface area (Å²) in [6.07, 6.45) is 0. The Balaban J connectivity index is 1.66. The maximum Gasteiger partial charge on any atom is 0.244 e. The molecule has 3 rings (SSSR count). The van der Waals surface area contributed by atoms with Crippen molar-refractivity contribution in [3.8, 4) is 0 Å². The highest BCUT2D eigenvalue weighted by Crippen LogP contribution is 2.20. The number of hydrogen-bond acceptors (Lipinski definition) is 4. The Morgan fingerprint density at radius 2 is 2.00 bits per heavy atom. The topological polar surface area (TPSA) is 58.4 Å². The smallest absolute Gasteiger partial charge is 0.244 e. The van der Waals surface area contributed by atoms with Crippen molar-refractivity contribution < 1.29 is 9.21 Å². The molecular formula is C19H21N3O2. The van der Waals surface area contributed by atoms with Crippen molar-refractivity contribution in [3.05, 3.63) is 60.0 Å². The zero-order valence-electron chi connectivity index (χ0n) is 14.1. The van der Waals surface area contributed by atoms with Crippen LogP contribution in [0.4, 0.5) is 5.69 Å². The van der Waals surface area contributed by atoms with E-state index in [4.69, 9.17) is 4.42 Å². The number of carbonyl (C=O) groups is 1. The number of carbonyl (C=O) groups excluding carboxylic acids is 1. The predicted molar refractivity (Wildman–Crippen MR) is 94.7 cm³/mol. The fourth-order valence-electron chi connectivity index (χ4n) is 2.71. The van der Waals surface area contributed by atoms with Gasteiger partial charge in [-0.15, -0.1) is 0 Å². The first-order valence-corrected chi connectivity index (χ1v) is 7.95. The van der Waals surface area contributed by atoms with Crippen LogP contribution in [-0.4, -0.2) is 28.9 Å². The van der Waals surface area contributed by atoms with Crippen molar-refractivity contribution in [1.29, 1.82) is 0 Å². The van der Waals surface area contributed by atoms with Crippen LogP contribution < -0.4 is 5.32 Å². The van der Waals surface area contributed by atoms with Crippen LogP contribution in [0.2, 0.25) is 0 Å². The van der Waals surface area contributed by atoms with E-state index in [-0.39, 0.29) is 11.9 Å². The lowest BCUT2D eigenvalue weighted by atomic mass is 10.2. The molecule has 5 heteroatoms. The molecule has 0 aliphatic rings. The molecule has 24 heavy (non-hydrogen) atoms. The lowest BCUT2D eigenvalue weighted by Gasteiger charge is -2.23. The molecule has 1 N–H and O–H groups in total. The van der Waals surface area contributed by atoms with Crippen LogP contribution in [0.25, 0.3) is 11.1 Å². The molecule has 3 aromatic rings. The Morgan fingerprint density at radius 1 is 1.25 bits per heavy atom. The number of aromatic nitrogens is 1. The molecule has 0 radical (unpaired) electrons. The maximum atomic E-state index is 12.5. The van der Waals surface area contributed by atoms with E-state index in [0.717, 1.165) is 22.4 Å². The van der Waals surface area contributed by atoms with Crippen molar-refractivity contribution in [2.75, 3.05) is 12.4 Å². The molecule has 1 aromatic heterocycles. The summed E-state index contributed by atoms with van der Waals surface area (Å²) >= 11 is 0. The fourth-order valence-corrected chi connectivity index (χ4v) is 2.71. The van der Waals surface area contributed by atoms with Gasteiger partial charge in [0.1, 0.15) is 11.6 Å². The number of benzene rings is 2. The molecule has 0 aliphatic heterocycles. The first kappa shape index (κ1) is 16.1. The summed E-state index contributed by atoms with van der Waals surface area (Å²) in [7, 11) is 1.82. The zero-order chi connectivity index (χ0) is 17.1. The fraction of sp³-hybridized carbons (Fsp3) is 0.263. The minimum atomic E-state index is -0.329.